The molecule has 2 heterocycles. The maximum absolute atomic E-state index is 12.5. The standard InChI is InChI=1S/C22H18N4O/c1-15-11-17-6-2-3-8-20(17)26(15)21-10-9-18(14-24-21)22(27)25-19-7-4-5-16(12-19)13-23/h2-10,12,14-15H,11H2,1H3,(H,25,27). The molecule has 0 fully saturated rings. The number of hydrogen-bond donors (Lipinski definition) is 1. The summed E-state index contributed by atoms with van der Waals surface area (Å²) < 4.78 is 0. The smallest absolute Gasteiger partial charge is 0.257 e. The number of nitrogens with zero attached hydrogens (tertiary/aromatic N) is 3. The van der Waals surface area contributed by atoms with E-state index in [1.165, 1.54) is 11.3 Å². The Morgan fingerprint density at radius 3 is 2.81 bits per heavy atom. The normalized spacial score (nSPS) is 15.1. The maximum atomic E-state index is 12.5. The van der Waals surface area contributed by atoms with Crippen LogP contribution < -0.4 is 10.2 Å². The van der Waals surface area contributed by atoms with Gasteiger partial charge < -0.3 is 10.2 Å². The van der Waals surface area contributed by atoms with Crippen molar-refractivity contribution in [2.75, 3.05) is 10.2 Å². The average Bonchev–Trinajstić information content (AvgIpc) is 3.04. The first-order valence-electron chi connectivity index (χ1n) is 8.80. The fourth-order valence-electron chi connectivity index (χ4n) is 3.45. The first-order valence-corrected chi connectivity index (χ1v) is 8.80. The predicted molar refractivity (Wildman–Crippen MR) is 105 cm³/mol. The lowest BCUT2D eigenvalue weighted by Crippen LogP contribution is -2.25. The second-order valence-electron chi connectivity index (χ2n) is 6.60. The van der Waals surface area contributed by atoms with Gasteiger partial charge in [0.15, 0.2) is 0 Å². The second kappa shape index (κ2) is 6.93. The third kappa shape index (κ3) is 3.25. The molecule has 1 aliphatic rings. The maximum Gasteiger partial charge on any atom is 0.257 e. The quantitative estimate of drug-likeness (QED) is 0.762. The van der Waals surface area contributed by atoms with Crippen LogP contribution >= 0.6 is 0 Å². The van der Waals surface area contributed by atoms with Crippen LogP contribution in [0.3, 0.4) is 0 Å². The second-order valence-corrected chi connectivity index (χ2v) is 6.60. The van der Waals surface area contributed by atoms with Gasteiger partial charge in [0.25, 0.3) is 5.91 Å². The molecule has 0 saturated heterocycles. The monoisotopic (exact) mass is 354 g/mol. The van der Waals surface area contributed by atoms with Gasteiger partial charge in [-0.05, 0) is 55.3 Å². The molecule has 0 saturated carbocycles. The Balaban J connectivity index is 1.54. The molecule has 2 aromatic carbocycles. The molecule has 132 valence electrons. The van der Waals surface area contributed by atoms with Crippen LogP contribution in [0.15, 0.2) is 66.9 Å². The number of anilines is 3. The number of carbonyl (C=O) groups is 1. The molecule has 1 unspecified atom stereocenters. The number of nitrogens with one attached hydrogen (secondary N) is 1. The Morgan fingerprint density at radius 2 is 2.04 bits per heavy atom. The number of benzene rings is 2. The van der Waals surface area contributed by atoms with Crippen molar-refractivity contribution in [3.63, 3.8) is 0 Å². The SMILES string of the molecule is CC1Cc2ccccc2N1c1ccc(C(=O)Nc2cccc(C#N)c2)cn1. The fourth-order valence-corrected chi connectivity index (χ4v) is 3.45. The Bertz CT molecular complexity index is 1040. The van der Waals surface area contributed by atoms with E-state index in [4.69, 9.17) is 5.26 Å². The molecular formula is C22H18N4O. The van der Waals surface area contributed by atoms with E-state index in [0.29, 0.717) is 22.9 Å². The summed E-state index contributed by atoms with van der Waals surface area (Å²) in [7, 11) is 0. The van der Waals surface area contributed by atoms with Gasteiger partial charge in [0.05, 0.1) is 17.2 Å². The van der Waals surface area contributed by atoms with Crippen molar-refractivity contribution in [1.29, 1.82) is 5.26 Å². The number of aromatic nitrogens is 1. The van der Waals surface area contributed by atoms with Crippen LogP contribution in [0.2, 0.25) is 0 Å². The first-order chi connectivity index (χ1) is 13.2. The zero-order valence-electron chi connectivity index (χ0n) is 14.9. The summed E-state index contributed by atoms with van der Waals surface area (Å²) in [6.07, 6.45) is 2.57. The van der Waals surface area contributed by atoms with E-state index in [1.807, 2.05) is 12.1 Å². The first kappa shape index (κ1) is 16.8. The number of fused-ring (bicyclic) bond motifs is 1. The molecule has 3 aromatic rings. The van der Waals surface area contributed by atoms with Crippen molar-refractivity contribution < 1.29 is 4.79 Å². The summed E-state index contributed by atoms with van der Waals surface area (Å²) in [5.41, 5.74) is 4.04. The minimum absolute atomic E-state index is 0.251. The highest BCUT2D eigenvalue weighted by Gasteiger charge is 2.27. The Labute approximate surface area is 157 Å². The average molecular weight is 354 g/mol. The molecule has 27 heavy (non-hydrogen) atoms. The molecule has 1 aliphatic heterocycles. The third-order valence-electron chi connectivity index (χ3n) is 4.71. The van der Waals surface area contributed by atoms with Crippen LogP contribution in [0.25, 0.3) is 0 Å². The van der Waals surface area contributed by atoms with Gasteiger partial charge in [0.1, 0.15) is 5.82 Å². The van der Waals surface area contributed by atoms with E-state index in [1.54, 1.807) is 36.5 Å². The minimum atomic E-state index is -0.251. The van der Waals surface area contributed by atoms with E-state index < -0.39 is 0 Å². The predicted octanol–water partition coefficient (Wildman–Crippen LogP) is 4.29. The summed E-state index contributed by atoms with van der Waals surface area (Å²) in [5.74, 6) is 0.578. The van der Waals surface area contributed by atoms with Crippen molar-refractivity contribution >= 4 is 23.1 Å². The zero-order chi connectivity index (χ0) is 18.8. The van der Waals surface area contributed by atoms with Gasteiger partial charge in [-0.2, -0.15) is 5.26 Å². The van der Waals surface area contributed by atoms with Crippen LogP contribution in [-0.2, 0) is 6.42 Å². The van der Waals surface area contributed by atoms with Gasteiger partial charge in [0.2, 0.25) is 0 Å². The molecule has 0 aliphatic carbocycles. The fraction of sp³-hybridized carbons (Fsp3) is 0.136. The van der Waals surface area contributed by atoms with Crippen molar-refractivity contribution in [3.8, 4) is 6.07 Å². The van der Waals surface area contributed by atoms with Crippen molar-refractivity contribution in [2.24, 2.45) is 0 Å². The molecule has 0 radical (unpaired) electrons. The number of carbonyl (C=O) groups excluding carboxylic acids is 1. The van der Waals surface area contributed by atoms with Crippen molar-refractivity contribution in [3.05, 3.63) is 83.6 Å². The van der Waals surface area contributed by atoms with Crippen LogP contribution in [0.4, 0.5) is 17.2 Å². The van der Waals surface area contributed by atoms with Crippen LogP contribution in [0, 0.1) is 11.3 Å². The van der Waals surface area contributed by atoms with Crippen LogP contribution in [0.1, 0.15) is 28.4 Å². The summed E-state index contributed by atoms with van der Waals surface area (Å²) >= 11 is 0. The molecule has 0 bridgehead atoms. The van der Waals surface area contributed by atoms with Crippen LogP contribution in [0.5, 0.6) is 0 Å². The highest BCUT2D eigenvalue weighted by Crippen LogP contribution is 2.36. The molecule has 1 aromatic heterocycles. The topological polar surface area (TPSA) is 69.0 Å². The zero-order valence-corrected chi connectivity index (χ0v) is 14.9. The molecule has 1 atom stereocenters. The molecular weight excluding hydrogens is 336 g/mol. The Hall–Kier alpha value is -3.65. The van der Waals surface area contributed by atoms with Crippen molar-refractivity contribution in [1.82, 2.24) is 4.98 Å². The Morgan fingerprint density at radius 1 is 1.19 bits per heavy atom. The lowest BCUT2D eigenvalue weighted by Gasteiger charge is -2.23. The number of amides is 1. The number of nitriles is 1. The lowest BCUT2D eigenvalue weighted by molar-refractivity contribution is 0.102. The minimum Gasteiger partial charge on any atom is -0.323 e. The van der Waals surface area contributed by atoms with E-state index in [0.717, 1.165) is 12.2 Å². The van der Waals surface area contributed by atoms with Gasteiger partial charge in [-0.1, -0.05) is 24.3 Å². The molecule has 1 N–H and O–H groups in total. The van der Waals surface area contributed by atoms with E-state index in [2.05, 4.69) is 46.4 Å². The summed E-state index contributed by atoms with van der Waals surface area (Å²) in [4.78, 5) is 19.2. The number of para-hydroxylation sites is 1. The van der Waals surface area contributed by atoms with E-state index >= 15 is 0 Å². The van der Waals surface area contributed by atoms with E-state index in [9.17, 15) is 4.79 Å². The largest absolute Gasteiger partial charge is 0.323 e. The highest BCUT2D eigenvalue weighted by atomic mass is 16.1. The molecule has 4 rings (SSSR count). The van der Waals surface area contributed by atoms with E-state index in [-0.39, 0.29) is 5.91 Å². The lowest BCUT2D eigenvalue weighted by atomic mass is 10.1. The third-order valence-corrected chi connectivity index (χ3v) is 4.71. The summed E-state index contributed by atoms with van der Waals surface area (Å²) in [5, 5.41) is 11.8. The summed E-state index contributed by atoms with van der Waals surface area (Å²) in [6, 6.07) is 21.2. The van der Waals surface area contributed by atoms with Gasteiger partial charge in [-0.15, -0.1) is 0 Å². The highest BCUT2D eigenvalue weighted by molar-refractivity contribution is 6.04. The number of pyridine rings is 1. The molecule has 5 nitrogen and oxygen atoms in total. The van der Waals surface area contributed by atoms with Gasteiger partial charge in [-0.25, -0.2) is 4.98 Å². The molecule has 5 heteroatoms. The summed E-state index contributed by atoms with van der Waals surface area (Å²) in [6.45, 7) is 2.17. The van der Waals surface area contributed by atoms with Gasteiger partial charge >= 0.3 is 0 Å². The Kier molecular flexibility index (Phi) is 4.31. The number of hydrogen-bond acceptors (Lipinski definition) is 4. The molecule has 1 amide bonds. The van der Waals surface area contributed by atoms with Crippen LogP contribution in [-0.4, -0.2) is 16.9 Å². The molecule has 0 spiro atoms. The van der Waals surface area contributed by atoms with Crippen molar-refractivity contribution in [2.45, 2.75) is 19.4 Å². The number of rotatable bonds is 3. The van der Waals surface area contributed by atoms with Gasteiger partial charge in [-0.3, -0.25) is 4.79 Å². The van der Waals surface area contributed by atoms with Gasteiger partial charge in [0, 0.05) is 23.6 Å².